The molecule has 3 N–H and O–H groups in total. The van der Waals surface area contributed by atoms with E-state index in [2.05, 4.69) is 10.6 Å². The Labute approximate surface area is 125 Å². The van der Waals surface area contributed by atoms with Crippen LogP contribution in [0.25, 0.3) is 0 Å². The largest absolute Gasteiger partial charge is 0.480 e. The molecule has 1 aromatic rings. The second-order valence-corrected chi connectivity index (χ2v) is 5.60. The number of amides is 1. The van der Waals surface area contributed by atoms with Crippen LogP contribution in [0.15, 0.2) is 30.3 Å². The summed E-state index contributed by atoms with van der Waals surface area (Å²) in [6.45, 7) is 5.81. The van der Waals surface area contributed by atoms with E-state index >= 15 is 0 Å². The number of nitrogens with one attached hydrogen (secondary N) is 2. The number of hydrogen-bond acceptors (Lipinski definition) is 3. The van der Waals surface area contributed by atoms with Crippen LogP contribution in [0.2, 0.25) is 0 Å². The highest BCUT2D eigenvalue weighted by atomic mass is 16.4. The fourth-order valence-corrected chi connectivity index (χ4v) is 2.08. The lowest BCUT2D eigenvalue weighted by molar-refractivity contribution is -0.140. The van der Waals surface area contributed by atoms with Gasteiger partial charge >= 0.3 is 5.97 Å². The third-order valence-electron chi connectivity index (χ3n) is 3.19. The summed E-state index contributed by atoms with van der Waals surface area (Å²) in [6, 6.07) is 8.84. The number of carboxylic acid groups (broad SMARTS) is 1. The Morgan fingerprint density at radius 3 is 2.29 bits per heavy atom. The monoisotopic (exact) mass is 292 g/mol. The predicted octanol–water partition coefficient (Wildman–Crippen LogP) is 1.95. The molecule has 1 rings (SSSR count). The summed E-state index contributed by atoms with van der Waals surface area (Å²) in [4.78, 5) is 23.0. The van der Waals surface area contributed by atoms with Crippen molar-refractivity contribution in [2.75, 3.05) is 6.54 Å². The maximum Gasteiger partial charge on any atom is 0.320 e. The molecule has 0 aliphatic carbocycles. The van der Waals surface area contributed by atoms with E-state index in [0.717, 1.165) is 5.56 Å². The molecule has 116 valence electrons. The molecular formula is C16H24N2O3. The summed E-state index contributed by atoms with van der Waals surface area (Å²) in [6.07, 6.45) is 0.497. The van der Waals surface area contributed by atoms with E-state index in [9.17, 15) is 9.59 Å². The zero-order valence-corrected chi connectivity index (χ0v) is 12.8. The molecule has 0 spiro atoms. The SMILES string of the molecule is CC(C)CC(NCC(=O)NC(C)c1ccccc1)C(=O)O. The van der Waals surface area contributed by atoms with Gasteiger partial charge in [0.1, 0.15) is 6.04 Å². The quantitative estimate of drug-likeness (QED) is 0.684. The molecule has 5 nitrogen and oxygen atoms in total. The minimum absolute atomic E-state index is 0.000853. The van der Waals surface area contributed by atoms with Gasteiger partial charge in [-0.2, -0.15) is 0 Å². The summed E-state index contributed by atoms with van der Waals surface area (Å²) in [5, 5.41) is 14.7. The first-order chi connectivity index (χ1) is 9.90. The topological polar surface area (TPSA) is 78.4 Å². The van der Waals surface area contributed by atoms with E-state index in [1.807, 2.05) is 51.1 Å². The van der Waals surface area contributed by atoms with Crippen molar-refractivity contribution in [2.24, 2.45) is 5.92 Å². The van der Waals surface area contributed by atoms with E-state index < -0.39 is 12.0 Å². The average Bonchev–Trinajstić information content (AvgIpc) is 2.43. The van der Waals surface area contributed by atoms with Gasteiger partial charge in [0, 0.05) is 0 Å². The van der Waals surface area contributed by atoms with Gasteiger partial charge in [0.05, 0.1) is 12.6 Å². The van der Waals surface area contributed by atoms with Gasteiger partial charge in [0.25, 0.3) is 0 Å². The fraction of sp³-hybridized carbons (Fsp3) is 0.500. The van der Waals surface area contributed by atoms with E-state index in [1.54, 1.807) is 0 Å². The number of hydrogen-bond donors (Lipinski definition) is 3. The summed E-state index contributed by atoms with van der Waals surface area (Å²) in [5.74, 6) is -0.876. The van der Waals surface area contributed by atoms with Crippen LogP contribution < -0.4 is 10.6 Å². The van der Waals surface area contributed by atoms with Gasteiger partial charge in [-0.1, -0.05) is 44.2 Å². The van der Waals surface area contributed by atoms with Gasteiger partial charge in [-0.15, -0.1) is 0 Å². The van der Waals surface area contributed by atoms with Crippen molar-refractivity contribution < 1.29 is 14.7 Å². The molecule has 2 atom stereocenters. The van der Waals surface area contributed by atoms with Crippen molar-refractivity contribution in [2.45, 2.75) is 39.3 Å². The molecule has 0 aliphatic rings. The lowest BCUT2D eigenvalue weighted by Crippen LogP contribution is -2.44. The number of aliphatic carboxylic acids is 1. The van der Waals surface area contributed by atoms with Crippen LogP contribution in [0.5, 0.6) is 0 Å². The Balaban J connectivity index is 2.44. The standard InChI is InChI=1S/C16H24N2O3/c1-11(2)9-14(16(20)21)17-10-15(19)18-12(3)13-7-5-4-6-8-13/h4-8,11-12,14,17H,9-10H2,1-3H3,(H,18,19)(H,20,21). The lowest BCUT2D eigenvalue weighted by Gasteiger charge is -2.18. The smallest absolute Gasteiger partial charge is 0.320 e. The highest BCUT2D eigenvalue weighted by Crippen LogP contribution is 2.10. The molecule has 5 heteroatoms. The molecule has 0 bridgehead atoms. The Bertz CT molecular complexity index is 460. The zero-order valence-electron chi connectivity index (χ0n) is 12.8. The molecule has 0 saturated heterocycles. The van der Waals surface area contributed by atoms with Gasteiger partial charge in [-0.3, -0.25) is 14.9 Å². The van der Waals surface area contributed by atoms with Crippen LogP contribution >= 0.6 is 0 Å². The molecule has 0 saturated carbocycles. The van der Waals surface area contributed by atoms with Gasteiger partial charge in [0.2, 0.25) is 5.91 Å². The lowest BCUT2D eigenvalue weighted by atomic mass is 10.0. The molecule has 0 radical (unpaired) electrons. The number of rotatable bonds is 8. The van der Waals surface area contributed by atoms with Crippen molar-refractivity contribution in [3.05, 3.63) is 35.9 Å². The first-order valence-corrected chi connectivity index (χ1v) is 7.20. The van der Waals surface area contributed by atoms with E-state index in [1.165, 1.54) is 0 Å². The van der Waals surface area contributed by atoms with Crippen LogP contribution in [0.3, 0.4) is 0 Å². The molecule has 21 heavy (non-hydrogen) atoms. The molecule has 1 amide bonds. The first-order valence-electron chi connectivity index (χ1n) is 7.20. The van der Waals surface area contributed by atoms with Crippen molar-refractivity contribution in [1.82, 2.24) is 10.6 Å². The van der Waals surface area contributed by atoms with Gasteiger partial charge in [-0.25, -0.2) is 0 Å². The number of carbonyl (C=O) groups is 2. The Kier molecular flexibility index (Phi) is 6.88. The van der Waals surface area contributed by atoms with Gasteiger partial charge in [-0.05, 0) is 24.8 Å². The number of carbonyl (C=O) groups excluding carboxylic acids is 1. The molecule has 1 aromatic carbocycles. The Hall–Kier alpha value is -1.88. The molecule has 2 unspecified atom stereocenters. The maximum atomic E-state index is 11.9. The normalized spacial score (nSPS) is 13.7. The van der Waals surface area contributed by atoms with Crippen LogP contribution in [-0.2, 0) is 9.59 Å². The third-order valence-corrected chi connectivity index (χ3v) is 3.19. The van der Waals surface area contributed by atoms with Crippen molar-refractivity contribution in [3.63, 3.8) is 0 Å². The second-order valence-electron chi connectivity index (χ2n) is 5.60. The van der Waals surface area contributed by atoms with Gasteiger partial charge < -0.3 is 10.4 Å². The number of benzene rings is 1. The molecule has 0 aromatic heterocycles. The molecular weight excluding hydrogens is 268 g/mol. The van der Waals surface area contributed by atoms with Crippen molar-refractivity contribution >= 4 is 11.9 Å². The van der Waals surface area contributed by atoms with E-state index in [-0.39, 0.29) is 24.4 Å². The van der Waals surface area contributed by atoms with E-state index in [0.29, 0.717) is 6.42 Å². The second kappa shape index (κ2) is 8.42. The third kappa shape index (κ3) is 6.40. The Morgan fingerprint density at radius 2 is 1.76 bits per heavy atom. The van der Waals surface area contributed by atoms with Crippen molar-refractivity contribution in [1.29, 1.82) is 0 Å². The van der Waals surface area contributed by atoms with Crippen LogP contribution in [0, 0.1) is 5.92 Å². The summed E-state index contributed by atoms with van der Waals surface area (Å²) < 4.78 is 0. The highest BCUT2D eigenvalue weighted by Gasteiger charge is 2.19. The predicted molar refractivity (Wildman–Crippen MR) is 81.9 cm³/mol. The first kappa shape index (κ1) is 17.2. The number of carboxylic acids is 1. The van der Waals surface area contributed by atoms with Crippen molar-refractivity contribution in [3.8, 4) is 0 Å². The molecule has 0 fully saturated rings. The van der Waals surface area contributed by atoms with Gasteiger partial charge in [0.15, 0.2) is 0 Å². The minimum Gasteiger partial charge on any atom is -0.480 e. The zero-order chi connectivity index (χ0) is 15.8. The highest BCUT2D eigenvalue weighted by molar-refractivity contribution is 5.80. The molecule has 0 aliphatic heterocycles. The Morgan fingerprint density at radius 1 is 1.14 bits per heavy atom. The fourth-order valence-electron chi connectivity index (χ4n) is 2.08. The van der Waals surface area contributed by atoms with Crippen LogP contribution in [0.4, 0.5) is 0 Å². The summed E-state index contributed by atoms with van der Waals surface area (Å²) in [5.41, 5.74) is 1.02. The van der Waals surface area contributed by atoms with Crippen LogP contribution in [0.1, 0.15) is 38.8 Å². The molecule has 0 heterocycles. The summed E-state index contributed by atoms with van der Waals surface area (Å²) >= 11 is 0. The maximum absolute atomic E-state index is 11.9. The van der Waals surface area contributed by atoms with E-state index in [4.69, 9.17) is 5.11 Å². The summed E-state index contributed by atoms with van der Waals surface area (Å²) in [7, 11) is 0. The average molecular weight is 292 g/mol. The minimum atomic E-state index is -0.924. The van der Waals surface area contributed by atoms with Crippen LogP contribution in [-0.4, -0.2) is 29.6 Å².